The molecule has 8 heteroatoms. The van der Waals surface area contributed by atoms with E-state index in [1.54, 1.807) is 36.8 Å². The molecular formula is C20H25N7O. The minimum absolute atomic E-state index is 0.113. The number of hydrogen-bond acceptors (Lipinski definition) is 7. The first-order chi connectivity index (χ1) is 13.7. The Bertz CT molecular complexity index is 864. The molecule has 3 heterocycles. The number of nitrogens with one attached hydrogen (secondary N) is 1. The van der Waals surface area contributed by atoms with E-state index in [1.165, 1.54) is 12.8 Å². The minimum atomic E-state index is -0.177. The van der Waals surface area contributed by atoms with Crippen molar-refractivity contribution in [1.29, 1.82) is 0 Å². The van der Waals surface area contributed by atoms with Crippen LogP contribution in [0.25, 0.3) is 0 Å². The van der Waals surface area contributed by atoms with Crippen molar-refractivity contribution < 1.29 is 4.79 Å². The number of hydrogen-bond donors (Lipinski definition) is 1. The van der Waals surface area contributed by atoms with Crippen LogP contribution in [0.4, 0.5) is 17.5 Å². The number of hydrazone groups is 1. The van der Waals surface area contributed by atoms with Gasteiger partial charge in [-0.25, -0.2) is 10.4 Å². The summed E-state index contributed by atoms with van der Waals surface area (Å²) in [5.41, 5.74) is 4.60. The Labute approximate surface area is 164 Å². The Morgan fingerprint density at radius 1 is 1.29 bits per heavy atom. The Hall–Kier alpha value is -3.03. The lowest BCUT2D eigenvalue weighted by molar-refractivity contribution is -0.120. The second-order valence-electron chi connectivity index (χ2n) is 7.22. The van der Waals surface area contributed by atoms with Crippen LogP contribution in [0.3, 0.4) is 0 Å². The summed E-state index contributed by atoms with van der Waals surface area (Å²) in [6, 6.07) is 3.91. The zero-order valence-electron chi connectivity index (χ0n) is 16.2. The molecule has 0 aromatic carbocycles. The number of pyridine rings is 1. The van der Waals surface area contributed by atoms with Gasteiger partial charge in [-0.15, -0.1) is 0 Å². The van der Waals surface area contributed by atoms with Crippen molar-refractivity contribution >= 4 is 29.6 Å². The van der Waals surface area contributed by atoms with Crippen molar-refractivity contribution in [1.82, 2.24) is 15.0 Å². The first-order valence-electron chi connectivity index (χ1n) is 9.81. The summed E-state index contributed by atoms with van der Waals surface area (Å²) in [6.07, 6.45) is 12.2. The molecule has 1 aliphatic heterocycles. The average molecular weight is 379 g/mol. The molecule has 2 aliphatic rings. The number of carbonyl (C=O) groups is 1. The summed E-state index contributed by atoms with van der Waals surface area (Å²) >= 11 is 0. The minimum Gasteiger partial charge on any atom is -0.340 e. The van der Waals surface area contributed by atoms with Gasteiger partial charge in [-0.05, 0) is 37.0 Å². The lowest BCUT2D eigenvalue weighted by atomic mass is 10.0. The predicted octanol–water partition coefficient (Wildman–Crippen LogP) is 2.82. The monoisotopic (exact) mass is 379 g/mol. The van der Waals surface area contributed by atoms with Gasteiger partial charge in [0.2, 0.25) is 11.9 Å². The van der Waals surface area contributed by atoms with Crippen LogP contribution < -0.4 is 15.2 Å². The fourth-order valence-corrected chi connectivity index (χ4v) is 4.05. The van der Waals surface area contributed by atoms with E-state index in [9.17, 15) is 4.79 Å². The number of fused-ring (bicyclic) bond motifs is 1. The number of aromatic nitrogens is 3. The van der Waals surface area contributed by atoms with Gasteiger partial charge in [0, 0.05) is 25.5 Å². The van der Waals surface area contributed by atoms with Gasteiger partial charge in [-0.3, -0.25) is 9.78 Å². The molecule has 1 fully saturated rings. The predicted molar refractivity (Wildman–Crippen MR) is 110 cm³/mol. The van der Waals surface area contributed by atoms with E-state index in [1.807, 2.05) is 12.1 Å². The normalized spacial score (nSPS) is 20.1. The van der Waals surface area contributed by atoms with Crippen LogP contribution >= 0.6 is 0 Å². The van der Waals surface area contributed by atoms with Crippen LogP contribution in [0.1, 0.15) is 44.6 Å². The highest BCUT2D eigenvalue weighted by Gasteiger charge is 2.41. The second-order valence-corrected chi connectivity index (χ2v) is 7.22. The maximum Gasteiger partial charge on any atom is 0.249 e. The first kappa shape index (κ1) is 18.3. The Morgan fingerprint density at radius 3 is 2.75 bits per heavy atom. The molecular weight excluding hydrogens is 354 g/mol. The number of likely N-dealkylation sites (N-methyl/N-ethyl adjacent to an activating group) is 1. The smallest absolute Gasteiger partial charge is 0.249 e. The molecule has 8 nitrogen and oxygen atoms in total. The summed E-state index contributed by atoms with van der Waals surface area (Å²) < 4.78 is 0. The highest BCUT2D eigenvalue weighted by molar-refractivity contribution is 6.04. The molecule has 1 atom stereocenters. The number of amides is 1. The van der Waals surface area contributed by atoms with Crippen LogP contribution in [0.2, 0.25) is 0 Å². The van der Waals surface area contributed by atoms with Crippen molar-refractivity contribution in [3.8, 4) is 0 Å². The standard InChI is InChI=1S/C20H25N7O/c1-3-16-19(28)26(2)17-13-22-20(25-23-12-14-8-10-21-11-9-14)24-18(17)27(16)15-6-4-5-7-15/h8-13,15-16H,3-7H2,1-2H3,(H,22,24,25). The molecule has 0 spiro atoms. The van der Waals surface area contributed by atoms with Crippen molar-refractivity contribution in [3.05, 3.63) is 36.3 Å². The quantitative estimate of drug-likeness (QED) is 0.635. The van der Waals surface area contributed by atoms with Gasteiger partial charge < -0.3 is 9.80 Å². The SMILES string of the molecule is CCC1C(=O)N(C)c2cnc(NN=Cc3ccncc3)nc2N1C1CCCC1. The van der Waals surface area contributed by atoms with E-state index in [4.69, 9.17) is 4.98 Å². The van der Waals surface area contributed by atoms with Gasteiger partial charge in [0.15, 0.2) is 5.82 Å². The average Bonchev–Trinajstić information content (AvgIpc) is 3.25. The molecule has 4 rings (SSSR count). The molecule has 1 N–H and O–H groups in total. The van der Waals surface area contributed by atoms with Crippen LogP contribution in [-0.2, 0) is 4.79 Å². The highest BCUT2D eigenvalue weighted by Crippen LogP contribution is 2.39. The molecule has 0 radical (unpaired) electrons. The number of rotatable bonds is 5. The topological polar surface area (TPSA) is 86.6 Å². The molecule has 1 saturated carbocycles. The van der Waals surface area contributed by atoms with E-state index in [-0.39, 0.29) is 11.9 Å². The summed E-state index contributed by atoms with van der Waals surface area (Å²) in [5, 5.41) is 4.23. The largest absolute Gasteiger partial charge is 0.340 e. The first-order valence-corrected chi connectivity index (χ1v) is 9.81. The third-order valence-corrected chi connectivity index (χ3v) is 5.50. The van der Waals surface area contributed by atoms with E-state index in [0.29, 0.717) is 12.0 Å². The van der Waals surface area contributed by atoms with Crippen LogP contribution in [0.15, 0.2) is 35.8 Å². The molecule has 2 aromatic rings. The fourth-order valence-electron chi connectivity index (χ4n) is 4.05. The van der Waals surface area contributed by atoms with Gasteiger partial charge >= 0.3 is 0 Å². The van der Waals surface area contributed by atoms with Crippen molar-refractivity contribution in [2.75, 3.05) is 22.3 Å². The van der Waals surface area contributed by atoms with E-state index >= 15 is 0 Å². The zero-order chi connectivity index (χ0) is 19.5. The Balaban J connectivity index is 1.64. The lowest BCUT2D eigenvalue weighted by Crippen LogP contribution is -2.55. The van der Waals surface area contributed by atoms with Crippen molar-refractivity contribution in [3.63, 3.8) is 0 Å². The Kier molecular flexibility index (Phi) is 5.18. The Morgan fingerprint density at radius 2 is 2.04 bits per heavy atom. The molecule has 1 unspecified atom stereocenters. The summed E-state index contributed by atoms with van der Waals surface area (Å²) in [6.45, 7) is 2.06. The third kappa shape index (κ3) is 3.42. The third-order valence-electron chi connectivity index (χ3n) is 5.50. The van der Waals surface area contributed by atoms with Gasteiger partial charge in [0.1, 0.15) is 11.7 Å². The molecule has 146 valence electrons. The summed E-state index contributed by atoms with van der Waals surface area (Å²) in [4.78, 5) is 29.9. The van der Waals surface area contributed by atoms with Gasteiger partial charge in [0.25, 0.3) is 0 Å². The van der Waals surface area contributed by atoms with Crippen LogP contribution in [0, 0.1) is 0 Å². The van der Waals surface area contributed by atoms with Crippen LogP contribution in [-0.4, -0.2) is 46.2 Å². The lowest BCUT2D eigenvalue weighted by Gasteiger charge is -2.43. The van der Waals surface area contributed by atoms with Gasteiger partial charge in [-0.1, -0.05) is 19.8 Å². The molecule has 1 aliphatic carbocycles. The number of carbonyl (C=O) groups excluding carboxylic acids is 1. The number of nitrogens with zero attached hydrogens (tertiary/aromatic N) is 6. The summed E-state index contributed by atoms with van der Waals surface area (Å²) in [5.74, 6) is 1.35. The molecule has 2 aromatic heterocycles. The maximum atomic E-state index is 12.9. The van der Waals surface area contributed by atoms with Crippen molar-refractivity contribution in [2.45, 2.75) is 51.1 Å². The summed E-state index contributed by atoms with van der Waals surface area (Å²) in [7, 11) is 1.80. The van der Waals surface area contributed by atoms with Gasteiger partial charge in [-0.2, -0.15) is 10.1 Å². The fraction of sp³-hybridized carbons (Fsp3) is 0.450. The molecule has 1 amide bonds. The molecule has 0 bridgehead atoms. The number of anilines is 3. The molecule has 28 heavy (non-hydrogen) atoms. The van der Waals surface area contributed by atoms with E-state index in [0.717, 1.165) is 36.3 Å². The van der Waals surface area contributed by atoms with Gasteiger partial charge in [0.05, 0.1) is 12.4 Å². The van der Waals surface area contributed by atoms with Crippen molar-refractivity contribution in [2.24, 2.45) is 5.10 Å². The second kappa shape index (κ2) is 7.92. The maximum absolute atomic E-state index is 12.9. The zero-order valence-corrected chi connectivity index (χ0v) is 16.2. The van der Waals surface area contributed by atoms with Crippen LogP contribution in [0.5, 0.6) is 0 Å². The van der Waals surface area contributed by atoms with E-state index in [2.05, 4.69) is 32.3 Å². The van der Waals surface area contributed by atoms with E-state index < -0.39 is 0 Å². The molecule has 0 saturated heterocycles. The highest BCUT2D eigenvalue weighted by atomic mass is 16.2.